The zero-order valence-corrected chi connectivity index (χ0v) is 16.5. The molecule has 0 aliphatic heterocycles. The van der Waals surface area contributed by atoms with E-state index in [0.717, 1.165) is 29.7 Å². The van der Waals surface area contributed by atoms with Crippen molar-refractivity contribution in [1.29, 1.82) is 0 Å². The molecule has 0 radical (unpaired) electrons. The second-order valence-corrected chi connectivity index (χ2v) is 7.35. The summed E-state index contributed by atoms with van der Waals surface area (Å²) in [6.45, 7) is 2.08. The van der Waals surface area contributed by atoms with Gasteiger partial charge in [-0.15, -0.1) is 11.3 Å². The highest BCUT2D eigenvalue weighted by Crippen LogP contribution is 2.21. The van der Waals surface area contributed by atoms with Crippen LogP contribution in [0.4, 0.5) is 5.82 Å². The van der Waals surface area contributed by atoms with E-state index in [4.69, 9.17) is 5.73 Å². The Bertz CT molecular complexity index is 1050. The molecule has 8 nitrogen and oxygen atoms in total. The van der Waals surface area contributed by atoms with E-state index in [2.05, 4.69) is 22.2 Å². The quantitative estimate of drug-likeness (QED) is 0.450. The number of carbonyl (C=O) groups is 3. The van der Waals surface area contributed by atoms with Gasteiger partial charge in [0.1, 0.15) is 16.4 Å². The van der Waals surface area contributed by atoms with Crippen LogP contribution in [0.25, 0.3) is 0 Å². The summed E-state index contributed by atoms with van der Waals surface area (Å²) < 4.78 is 0. The fraction of sp³-hybridized carbons (Fsp3) is 0.200. The number of thiophene rings is 1. The van der Waals surface area contributed by atoms with Gasteiger partial charge in [0, 0.05) is 12.0 Å². The number of nitrogens with two attached hydrogens (primary N) is 1. The number of aromatic nitrogens is 2. The van der Waals surface area contributed by atoms with E-state index in [-0.39, 0.29) is 22.8 Å². The van der Waals surface area contributed by atoms with Crippen molar-refractivity contribution < 1.29 is 19.5 Å². The molecule has 2 aromatic heterocycles. The summed E-state index contributed by atoms with van der Waals surface area (Å²) in [7, 11) is 0. The summed E-state index contributed by atoms with van der Waals surface area (Å²) in [6.07, 6.45) is 2.10. The SMILES string of the molecule is CCCc1ccc(C(=O)Nc2nc(Cc3ccsc3C(=O)O)[nH]c2C(N)=O)cc1. The van der Waals surface area contributed by atoms with Crippen LogP contribution >= 0.6 is 11.3 Å². The van der Waals surface area contributed by atoms with E-state index >= 15 is 0 Å². The van der Waals surface area contributed by atoms with Gasteiger partial charge >= 0.3 is 5.97 Å². The molecule has 150 valence electrons. The number of carbonyl (C=O) groups excluding carboxylic acids is 2. The minimum atomic E-state index is -1.03. The lowest BCUT2D eigenvalue weighted by molar-refractivity contribution is 0.0700. The smallest absolute Gasteiger partial charge is 0.346 e. The maximum atomic E-state index is 12.5. The fourth-order valence-electron chi connectivity index (χ4n) is 2.91. The molecule has 9 heteroatoms. The number of H-pyrrole nitrogens is 1. The van der Waals surface area contributed by atoms with Crippen LogP contribution in [0.15, 0.2) is 35.7 Å². The normalized spacial score (nSPS) is 10.7. The lowest BCUT2D eigenvalue weighted by Crippen LogP contribution is -2.18. The van der Waals surface area contributed by atoms with E-state index in [0.29, 0.717) is 17.0 Å². The van der Waals surface area contributed by atoms with Crippen LogP contribution in [-0.2, 0) is 12.8 Å². The lowest BCUT2D eigenvalue weighted by Gasteiger charge is -2.05. The number of aromatic amines is 1. The number of hydrogen-bond donors (Lipinski definition) is 4. The number of carboxylic acids is 1. The molecule has 5 N–H and O–H groups in total. The molecule has 2 amide bonds. The summed E-state index contributed by atoms with van der Waals surface area (Å²) in [4.78, 5) is 42.8. The third-order valence-electron chi connectivity index (χ3n) is 4.28. The first-order chi connectivity index (χ1) is 13.9. The van der Waals surface area contributed by atoms with Crippen molar-refractivity contribution in [2.24, 2.45) is 5.73 Å². The van der Waals surface area contributed by atoms with Gasteiger partial charge < -0.3 is 21.1 Å². The number of anilines is 1. The summed E-state index contributed by atoms with van der Waals surface area (Å²) in [6, 6.07) is 8.86. The molecule has 2 heterocycles. The average molecular weight is 412 g/mol. The molecule has 1 aromatic carbocycles. The molecular formula is C20H20N4O4S. The monoisotopic (exact) mass is 412 g/mol. The molecule has 0 fully saturated rings. The van der Waals surface area contributed by atoms with Gasteiger partial charge in [0.05, 0.1) is 0 Å². The molecule has 29 heavy (non-hydrogen) atoms. The van der Waals surface area contributed by atoms with Crippen LogP contribution in [0.3, 0.4) is 0 Å². The highest BCUT2D eigenvalue weighted by Gasteiger charge is 2.20. The molecular weight excluding hydrogens is 392 g/mol. The topological polar surface area (TPSA) is 138 Å². The standard InChI is InChI=1S/C20H20N4O4S/c1-2-3-11-4-6-12(7-5-11)19(26)24-18-15(17(21)25)22-14(23-18)10-13-8-9-29-16(13)20(27)28/h4-9H,2-3,10H2,1H3,(H2,21,25)(H,22,23)(H,24,26)(H,27,28). The minimum Gasteiger partial charge on any atom is -0.477 e. The maximum absolute atomic E-state index is 12.5. The third kappa shape index (κ3) is 4.69. The molecule has 0 saturated heterocycles. The van der Waals surface area contributed by atoms with Crippen molar-refractivity contribution in [1.82, 2.24) is 9.97 Å². The Balaban J connectivity index is 1.81. The van der Waals surface area contributed by atoms with Crippen molar-refractivity contribution in [3.8, 4) is 0 Å². The number of hydrogen-bond acceptors (Lipinski definition) is 5. The second-order valence-electron chi connectivity index (χ2n) is 6.43. The first-order valence-electron chi connectivity index (χ1n) is 8.97. The van der Waals surface area contributed by atoms with Gasteiger partial charge in [-0.3, -0.25) is 9.59 Å². The molecule has 3 rings (SSSR count). The van der Waals surface area contributed by atoms with Gasteiger partial charge in [-0.05, 0) is 41.1 Å². The average Bonchev–Trinajstić information content (AvgIpc) is 3.30. The summed E-state index contributed by atoms with van der Waals surface area (Å²) in [5.74, 6) is -1.89. The number of imidazole rings is 1. The molecule has 0 spiro atoms. The van der Waals surface area contributed by atoms with Crippen LogP contribution < -0.4 is 11.1 Å². The number of aromatic carboxylic acids is 1. The van der Waals surface area contributed by atoms with Gasteiger partial charge in [-0.25, -0.2) is 9.78 Å². The molecule has 0 aliphatic rings. The molecule has 0 unspecified atom stereocenters. The largest absolute Gasteiger partial charge is 0.477 e. The first kappa shape index (κ1) is 20.3. The Kier molecular flexibility index (Phi) is 6.08. The zero-order valence-electron chi connectivity index (χ0n) is 15.7. The van der Waals surface area contributed by atoms with Crippen molar-refractivity contribution >= 4 is 34.9 Å². The fourth-order valence-corrected chi connectivity index (χ4v) is 3.67. The number of benzene rings is 1. The van der Waals surface area contributed by atoms with E-state index in [1.54, 1.807) is 23.6 Å². The molecule has 3 aromatic rings. The van der Waals surface area contributed by atoms with E-state index in [1.165, 1.54) is 0 Å². The van der Waals surface area contributed by atoms with Crippen LogP contribution in [0.1, 0.15) is 60.8 Å². The third-order valence-corrected chi connectivity index (χ3v) is 5.23. The van der Waals surface area contributed by atoms with Crippen LogP contribution in [0.2, 0.25) is 0 Å². The van der Waals surface area contributed by atoms with Crippen molar-refractivity contribution in [2.75, 3.05) is 5.32 Å². The Morgan fingerprint density at radius 2 is 1.93 bits per heavy atom. The summed E-state index contributed by atoms with van der Waals surface area (Å²) >= 11 is 1.10. The summed E-state index contributed by atoms with van der Waals surface area (Å²) in [5, 5.41) is 13.5. The van der Waals surface area contributed by atoms with Crippen molar-refractivity contribution in [3.05, 3.63) is 68.8 Å². The molecule has 0 bridgehead atoms. The number of nitrogens with one attached hydrogen (secondary N) is 2. The Hall–Kier alpha value is -3.46. The first-order valence-corrected chi connectivity index (χ1v) is 9.85. The number of primary amides is 1. The predicted molar refractivity (Wildman–Crippen MR) is 110 cm³/mol. The molecule has 0 saturated carbocycles. The Morgan fingerprint density at radius 3 is 2.55 bits per heavy atom. The van der Waals surface area contributed by atoms with Crippen molar-refractivity contribution in [3.63, 3.8) is 0 Å². The van der Waals surface area contributed by atoms with Crippen molar-refractivity contribution in [2.45, 2.75) is 26.2 Å². The van der Waals surface area contributed by atoms with E-state index in [9.17, 15) is 19.5 Å². The Morgan fingerprint density at radius 1 is 1.21 bits per heavy atom. The van der Waals surface area contributed by atoms with Gasteiger partial charge in [-0.2, -0.15) is 0 Å². The minimum absolute atomic E-state index is 0.0160. The second kappa shape index (κ2) is 8.70. The van der Waals surface area contributed by atoms with Gasteiger partial charge in [0.2, 0.25) is 0 Å². The highest BCUT2D eigenvalue weighted by molar-refractivity contribution is 7.12. The number of amides is 2. The number of carboxylic acid groups (broad SMARTS) is 1. The summed E-state index contributed by atoms with van der Waals surface area (Å²) in [5.41, 5.74) is 7.47. The van der Waals surface area contributed by atoms with Crippen LogP contribution in [0, 0.1) is 0 Å². The molecule has 0 atom stereocenters. The van der Waals surface area contributed by atoms with Crippen LogP contribution in [0.5, 0.6) is 0 Å². The van der Waals surface area contributed by atoms with Crippen LogP contribution in [-0.4, -0.2) is 32.9 Å². The zero-order chi connectivity index (χ0) is 21.0. The van der Waals surface area contributed by atoms with Gasteiger partial charge in [-0.1, -0.05) is 25.5 Å². The number of rotatable bonds is 8. The number of aryl methyl sites for hydroxylation is 1. The molecule has 0 aliphatic carbocycles. The maximum Gasteiger partial charge on any atom is 0.346 e. The Labute approximate surface area is 170 Å². The lowest BCUT2D eigenvalue weighted by atomic mass is 10.1. The van der Waals surface area contributed by atoms with Gasteiger partial charge in [0.15, 0.2) is 5.82 Å². The predicted octanol–water partition coefficient (Wildman–Crippen LogP) is 3.06. The van der Waals surface area contributed by atoms with E-state index < -0.39 is 17.8 Å². The number of nitrogens with zero attached hydrogens (tertiary/aromatic N) is 1. The van der Waals surface area contributed by atoms with E-state index in [1.807, 2.05) is 12.1 Å². The van der Waals surface area contributed by atoms with Gasteiger partial charge in [0.25, 0.3) is 11.8 Å². The highest BCUT2D eigenvalue weighted by atomic mass is 32.1.